The molecule has 1 aromatic heterocycles. The van der Waals surface area contributed by atoms with Crippen LogP contribution in [0.1, 0.15) is 50.6 Å². The number of nitrogens with one attached hydrogen (secondary N) is 1. The molecule has 5 heteroatoms. The highest BCUT2D eigenvalue weighted by Gasteiger charge is 2.13. The number of ether oxygens (including phenoxy) is 1. The van der Waals surface area contributed by atoms with Crippen molar-refractivity contribution < 1.29 is 9.53 Å². The van der Waals surface area contributed by atoms with Crippen LogP contribution < -0.4 is 5.32 Å². The lowest BCUT2D eigenvalue weighted by Crippen LogP contribution is -2.12. The number of carbonyl (C=O) groups excluding carboxylic acids is 1. The van der Waals surface area contributed by atoms with E-state index in [1.54, 1.807) is 11.3 Å². The molecule has 0 spiro atoms. The summed E-state index contributed by atoms with van der Waals surface area (Å²) in [5, 5.41) is 6.40. The first kappa shape index (κ1) is 15.3. The van der Waals surface area contributed by atoms with Crippen LogP contribution in [0.5, 0.6) is 0 Å². The van der Waals surface area contributed by atoms with E-state index in [2.05, 4.69) is 15.0 Å². The fourth-order valence-electron chi connectivity index (χ4n) is 2.69. The number of methoxy groups -OCH3 is 1. The molecule has 20 heavy (non-hydrogen) atoms. The number of aromatic nitrogens is 1. The first-order chi connectivity index (χ1) is 9.78. The van der Waals surface area contributed by atoms with Crippen molar-refractivity contribution in [2.75, 3.05) is 19.0 Å². The lowest BCUT2D eigenvalue weighted by atomic mass is 9.87. The van der Waals surface area contributed by atoms with Gasteiger partial charge in [0.2, 0.25) is 0 Å². The Balaban J connectivity index is 1.65. The molecular formula is C15H24N2O2S. The predicted molar refractivity (Wildman–Crippen MR) is 82.1 cm³/mol. The first-order valence-electron chi connectivity index (χ1n) is 7.53. The number of aryl methyl sites for hydroxylation is 1. The van der Waals surface area contributed by atoms with E-state index in [1.807, 2.05) is 5.38 Å². The van der Waals surface area contributed by atoms with Crippen LogP contribution in [0.15, 0.2) is 5.38 Å². The molecule has 1 fully saturated rings. The molecule has 0 aromatic carbocycles. The van der Waals surface area contributed by atoms with Crippen LogP contribution >= 0.6 is 11.3 Å². The molecule has 4 nitrogen and oxygen atoms in total. The lowest BCUT2D eigenvalue weighted by molar-refractivity contribution is -0.140. The highest BCUT2D eigenvalue weighted by atomic mass is 32.1. The van der Waals surface area contributed by atoms with Gasteiger partial charge in [-0.2, -0.15) is 0 Å². The third-order valence-electron chi connectivity index (χ3n) is 3.92. The van der Waals surface area contributed by atoms with E-state index in [9.17, 15) is 4.79 Å². The molecule has 0 bridgehead atoms. The van der Waals surface area contributed by atoms with Crippen LogP contribution in [0.3, 0.4) is 0 Å². The van der Waals surface area contributed by atoms with Crippen LogP contribution in [0.2, 0.25) is 0 Å². The van der Waals surface area contributed by atoms with E-state index in [-0.39, 0.29) is 5.97 Å². The maximum absolute atomic E-state index is 11.1. The summed E-state index contributed by atoms with van der Waals surface area (Å²) in [6, 6.07) is 0. The zero-order valence-corrected chi connectivity index (χ0v) is 13.0. The van der Waals surface area contributed by atoms with Gasteiger partial charge in [-0.05, 0) is 12.3 Å². The van der Waals surface area contributed by atoms with Crippen molar-refractivity contribution in [1.29, 1.82) is 0 Å². The van der Waals surface area contributed by atoms with Gasteiger partial charge in [-0.15, -0.1) is 11.3 Å². The van der Waals surface area contributed by atoms with Crippen LogP contribution in [-0.4, -0.2) is 24.6 Å². The molecule has 1 N–H and O–H groups in total. The number of esters is 1. The van der Waals surface area contributed by atoms with E-state index in [1.165, 1.54) is 45.6 Å². The van der Waals surface area contributed by atoms with Gasteiger partial charge >= 0.3 is 5.97 Å². The summed E-state index contributed by atoms with van der Waals surface area (Å²) in [4.78, 5) is 15.6. The molecule has 2 rings (SSSR count). The summed E-state index contributed by atoms with van der Waals surface area (Å²) in [7, 11) is 1.42. The molecule has 1 aliphatic carbocycles. The van der Waals surface area contributed by atoms with Crippen molar-refractivity contribution in [3.8, 4) is 0 Å². The largest absolute Gasteiger partial charge is 0.469 e. The molecule has 1 saturated carbocycles. The van der Waals surface area contributed by atoms with Crippen molar-refractivity contribution in [2.45, 2.75) is 51.4 Å². The monoisotopic (exact) mass is 296 g/mol. The molecule has 0 atom stereocenters. The van der Waals surface area contributed by atoms with Gasteiger partial charge in [0.05, 0.1) is 19.2 Å². The van der Waals surface area contributed by atoms with Crippen LogP contribution in [0, 0.1) is 5.92 Å². The fraction of sp³-hybridized carbons (Fsp3) is 0.733. The van der Waals surface area contributed by atoms with Gasteiger partial charge in [0.15, 0.2) is 5.13 Å². The molecule has 0 amide bonds. The first-order valence-corrected chi connectivity index (χ1v) is 8.41. The minimum absolute atomic E-state index is 0.176. The third kappa shape index (κ3) is 5.12. The van der Waals surface area contributed by atoms with Crippen LogP contribution in [0.4, 0.5) is 5.13 Å². The molecule has 1 heterocycles. The van der Waals surface area contributed by atoms with Gasteiger partial charge in [-0.25, -0.2) is 4.98 Å². The van der Waals surface area contributed by atoms with Gasteiger partial charge in [-0.1, -0.05) is 32.1 Å². The van der Waals surface area contributed by atoms with Gasteiger partial charge < -0.3 is 10.1 Å². The summed E-state index contributed by atoms with van der Waals surface area (Å²) in [6.45, 7) is 1.01. The second-order valence-corrected chi connectivity index (χ2v) is 6.30. The van der Waals surface area contributed by atoms with Crippen molar-refractivity contribution in [3.05, 3.63) is 11.1 Å². The summed E-state index contributed by atoms with van der Waals surface area (Å²) < 4.78 is 4.63. The van der Waals surface area contributed by atoms with Gasteiger partial charge in [-0.3, -0.25) is 4.79 Å². The van der Waals surface area contributed by atoms with Gasteiger partial charge in [0.25, 0.3) is 0 Å². The van der Waals surface area contributed by atoms with Crippen molar-refractivity contribution in [2.24, 2.45) is 5.92 Å². The van der Waals surface area contributed by atoms with Crippen molar-refractivity contribution in [1.82, 2.24) is 4.98 Å². The summed E-state index contributed by atoms with van der Waals surface area (Å²) in [5.74, 6) is 0.722. The average Bonchev–Trinajstić information content (AvgIpc) is 2.94. The Morgan fingerprint density at radius 1 is 1.45 bits per heavy atom. The molecule has 1 aliphatic rings. The summed E-state index contributed by atoms with van der Waals surface area (Å²) in [6.07, 6.45) is 9.32. The molecule has 0 unspecified atom stereocenters. The van der Waals surface area contributed by atoms with Crippen molar-refractivity contribution in [3.63, 3.8) is 0 Å². The lowest BCUT2D eigenvalue weighted by Gasteiger charge is -2.21. The van der Waals surface area contributed by atoms with Crippen molar-refractivity contribution >= 4 is 22.4 Å². The van der Waals surface area contributed by atoms with E-state index in [0.717, 1.165) is 23.3 Å². The Bertz CT molecular complexity index is 414. The zero-order valence-electron chi connectivity index (χ0n) is 12.2. The Kier molecular flexibility index (Phi) is 6.30. The second-order valence-electron chi connectivity index (χ2n) is 5.44. The highest BCUT2D eigenvalue weighted by Crippen LogP contribution is 2.26. The number of thiazole rings is 1. The molecule has 112 valence electrons. The minimum Gasteiger partial charge on any atom is -0.469 e. The van der Waals surface area contributed by atoms with E-state index >= 15 is 0 Å². The maximum Gasteiger partial charge on any atom is 0.305 e. The fourth-order valence-corrected chi connectivity index (χ4v) is 3.47. The normalized spacial score (nSPS) is 16.1. The molecule has 0 saturated heterocycles. The number of hydrogen-bond acceptors (Lipinski definition) is 5. The van der Waals surface area contributed by atoms with Gasteiger partial charge in [0.1, 0.15) is 0 Å². The maximum atomic E-state index is 11.1. The Hall–Kier alpha value is -1.10. The number of nitrogens with zero attached hydrogens (tertiary/aromatic N) is 1. The average molecular weight is 296 g/mol. The number of rotatable bonds is 7. The number of carbonyl (C=O) groups is 1. The zero-order chi connectivity index (χ0) is 14.2. The summed E-state index contributed by atoms with van der Waals surface area (Å²) in [5.41, 5.74) is 0.973. The third-order valence-corrected chi connectivity index (χ3v) is 4.77. The smallest absolute Gasteiger partial charge is 0.305 e. The van der Waals surface area contributed by atoms with Crippen LogP contribution in [0.25, 0.3) is 0 Å². The Morgan fingerprint density at radius 2 is 2.25 bits per heavy atom. The second kappa shape index (κ2) is 8.25. The molecule has 0 radical (unpaired) electrons. The quantitative estimate of drug-likeness (QED) is 0.781. The van der Waals surface area contributed by atoms with E-state index < -0.39 is 0 Å². The molecule has 0 aliphatic heterocycles. The standard InChI is InChI=1S/C15H24N2O2S/c1-19-14(18)8-7-13-11-20-15(17-13)16-10-9-12-5-3-2-4-6-12/h11-12H,2-10H2,1H3,(H,16,17). The SMILES string of the molecule is COC(=O)CCc1csc(NCCC2CCCCC2)n1. The predicted octanol–water partition coefficient (Wildman–Crippen LogP) is 3.63. The number of anilines is 1. The Morgan fingerprint density at radius 3 is 3.00 bits per heavy atom. The molecular weight excluding hydrogens is 272 g/mol. The minimum atomic E-state index is -0.176. The van der Waals surface area contributed by atoms with Gasteiger partial charge in [0, 0.05) is 18.3 Å². The Labute approximate surface area is 124 Å². The topological polar surface area (TPSA) is 51.2 Å². The van der Waals surface area contributed by atoms with Crippen LogP contribution in [-0.2, 0) is 16.0 Å². The number of hydrogen-bond donors (Lipinski definition) is 1. The summed E-state index contributed by atoms with van der Waals surface area (Å²) >= 11 is 1.62. The van der Waals surface area contributed by atoms with E-state index in [4.69, 9.17) is 0 Å². The van der Waals surface area contributed by atoms with E-state index in [0.29, 0.717) is 12.8 Å². The molecule has 1 aromatic rings. The highest BCUT2D eigenvalue weighted by molar-refractivity contribution is 7.13.